The Labute approximate surface area is 363 Å². The maximum absolute atomic E-state index is 13.1. The van der Waals surface area contributed by atoms with E-state index in [1.54, 1.807) is 45.2 Å². The van der Waals surface area contributed by atoms with Crippen molar-refractivity contribution < 1.29 is 59.9 Å². The fourth-order valence-electron chi connectivity index (χ4n) is 5.10. The first kappa shape index (κ1) is 50.2. The summed E-state index contributed by atoms with van der Waals surface area (Å²) in [5, 5.41) is 29.7. The van der Waals surface area contributed by atoms with Gasteiger partial charge >= 0.3 is 31.2 Å². The number of carboxylic acid groups (broad SMARTS) is 1. The Balaban J connectivity index is 0.000000270. The van der Waals surface area contributed by atoms with Gasteiger partial charge in [0.1, 0.15) is 17.1 Å². The zero-order valence-electron chi connectivity index (χ0n) is 34.7. The predicted octanol–water partition coefficient (Wildman–Crippen LogP) is 1.25. The molecule has 17 nitrogen and oxygen atoms in total. The molecule has 0 radical (unpaired) electrons. The zero-order valence-corrected chi connectivity index (χ0v) is 34.7. The molecule has 0 bridgehead atoms. The molecular formula is C38H41F6LiN14O3. The van der Waals surface area contributed by atoms with Crippen molar-refractivity contribution >= 4 is 11.9 Å². The van der Waals surface area contributed by atoms with Crippen LogP contribution in [-0.4, -0.2) is 103 Å². The molecule has 0 spiro atoms. The molecule has 0 aliphatic heterocycles. The standard InChI is InChI=1S/C19H20F3N7O.C10H14F3N3.C9H8N4O2.Li/c1-12-4-7-15(29-25-8-9-26-29)17(27-12)18(30)28(3)13(2)5-6-14-10-24-16(11-23-14)19(20,21)22;1-7(14-2)3-4-8-5-16-9(6-15-8)10(11,12)13;1-6-2-3-7(8(12-6)9(14)15)13-10-4-5-11-13;/h4,7-11,13H,5-6H2,1-3H3;5-7,14H,3-4H2,1-2H3;2-5H,1H3,(H,14,15);/q;;;+1/p-1/t13-;7-;;/m00../s1. The van der Waals surface area contributed by atoms with Crippen LogP contribution in [-0.2, 0) is 25.2 Å². The van der Waals surface area contributed by atoms with Gasteiger partial charge in [-0.15, -0.1) is 9.59 Å². The van der Waals surface area contributed by atoms with Gasteiger partial charge in [0, 0.05) is 42.9 Å². The number of halogens is 6. The van der Waals surface area contributed by atoms with Gasteiger partial charge in [-0.05, 0) is 84.7 Å². The SMILES string of the molecule is CN[C@@H](C)CCc1cnc(C(F)(F)F)cn1.Cc1ccc(-n2nccn2)c(C(=O)N(C)[C@@H](C)CCc2cnc(C(F)(F)F)cn2)n1.Cc1ccc(-n2nccn2)c(C(=O)[O-])n1.[Li+]. The summed E-state index contributed by atoms with van der Waals surface area (Å²) >= 11 is 0. The molecule has 0 saturated heterocycles. The Morgan fingerprint density at radius 3 is 1.50 bits per heavy atom. The average molecular weight is 863 g/mol. The van der Waals surface area contributed by atoms with Gasteiger partial charge in [0.25, 0.3) is 5.91 Å². The molecule has 1 N–H and O–H groups in total. The van der Waals surface area contributed by atoms with Gasteiger partial charge in [-0.2, -0.15) is 46.7 Å². The van der Waals surface area contributed by atoms with Crippen LogP contribution in [0.1, 0.15) is 81.8 Å². The summed E-state index contributed by atoms with van der Waals surface area (Å²) in [6, 6.07) is 6.86. The normalized spacial score (nSPS) is 12.1. The molecule has 6 rings (SSSR count). The first-order valence-corrected chi connectivity index (χ1v) is 18.4. The van der Waals surface area contributed by atoms with Crippen molar-refractivity contribution in [3.05, 3.63) is 119 Å². The smallest absolute Gasteiger partial charge is 0.543 e. The predicted molar refractivity (Wildman–Crippen MR) is 203 cm³/mol. The third kappa shape index (κ3) is 14.5. The monoisotopic (exact) mass is 862 g/mol. The zero-order chi connectivity index (χ0) is 44.9. The number of aryl methyl sites for hydroxylation is 4. The molecule has 0 aliphatic rings. The van der Waals surface area contributed by atoms with Crippen molar-refractivity contribution in [1.82, 2.24) is 70.1 Å². The molecule has 6 aromatic heterocycles. The van der Waals surface area contributed by atoms with E-state index in [1.165, 1.54) is 45.5 Å². The van der Waals surface area contributed by atoms with Crippen LogP contribution < -0.4 is 29.3 Å². The van der Waals surface area contributed by atoms with E-state index in [-0.39, 0.29) is 42.2 Å². The number of carboxylic acids is 1. The number of nitrogens with zero attached hydrogens (tertiary/aromatic N) is 13. The molecule has 324 valence electrons. The van der Waals surface area contributed by atoms with Crippen molar-refractivity contribution in [3.63, 3.8) is 0 Å². The van der Waals surface area contributed by atoms with Crippen molar-refractivity contribution in [1.29, 1.82) is 0 Å². The average Bonchev–Trinajstić information content (AvgIpc) is 3.98. The van der Waals surface area contributed by atoms with Crippen LogP contribution in [0.25, 0.3) is 11.4 Å². The van der Waals surface area contributed by atoms with Crippen LogP contribution in [0, 0.1) is 13.8 Å². The Morgan fingerprint density at radius 1 is 0.694 bits per heavy atom. The number of pyridine rings is 2. The maximum Gasteiger partial charge on any atom is 1.00 e. The number of aromatic carboxylic acids is 1. The van der Waals surface area contributed by atoms with E-state index in [0.29, 0.717) is 59.5 Å². The Hall–Kier alpha value is -6.18. The van der Waals surface area contributed by atoms with E-state index in [2.05, 4.69) is 55.6 Å². The van der Waals surface area contributed by atoms with Gasteiger partial charge < -0.3 is 20.1 Å². The van der Waals surface area contributed by atoms with Crippen LogP contribution in [0.5, 0.6) is 0 Å². The van der Waals surface area contributed by atoms with Gasteiger partial charge in [0.2, 0.25) is 0 Å². The number of hydrogen-bond acceptors (Lipinski definition) is 14. The van der Waals surface area contributed by atoms with Crippen molar-refractivity contribution in [2.75, 3.05) is 14.1 Å². The van der Waals surface area contributed by atoms with E-state index in [0.717, 1.165) is 25.0 Å². The molecule has 6 aromatic rings. The minimum atomic E-state index is -4.52. The molecular weight excluding hydrogens is 821 g/mol. The summed E-state index contributed by atoms with van der Waals surface area (Å²) in [5.74, 6) is -1.65. The summed E-state index contributed by atoms with van der Waals surface area (Å²) in [6.45, 7) is 7.32. The number of rotatable bonds is 12. The number of carbonyl (C=O) groups excluding carboxylic acids is 2. The number of amides is 1. The summed E-state index contributed by atoms with van der Waals surface area (Å²) in [4.78, 5) is 50.5. The van der Waals surface area contributed by atoms with Crippen LogP contribution >= 0.6 is 0 Å². The second-order valence-electron chi connectivity index (χ2n) is 13.4. The number of hydrogen-bond donors (Lipinski definition) is 1. The van der Waals surface area contributed by atoms with Gasteiger partial charge in [0.15, 0.2) is 17.1 Å². The Kier molecular flexibility index (Phi) is 18.3. The van der Waals surface area contributed by atoms with E-state index in [9.17, 15) is 41.0 Å². The summed E-state index contributed by atoms with van der Waals surface area (Å²) in [6.07, 6.45) is 3.08. The Morgan fingerprint density at radius 2 is 1.11 bits per heavy atom. The fraction of sp³-hybridized carbons (Fsp3) is 0.368. The minimum absolute atomic E-state index is 0. The summed E-state index contributed by atoms with van der Waals surface area (Å²) in [7, 11) is 3.48. The molecule has 0 fully saturated rings. The van der Waals surface area contributed by atoms with Crippen LogP contribution in [0.4, 0.5) is 26.3 Å². The molecule has 24 heteroatoms. The van der Waals surface area contributed by atoms with E-state index in [1.807, 2.05) is 20.9 Å². The quantitative estimate of drug-likeness (QED) is 0.136. The van der Waals surface area contributed by atoms with Crippen LogP contribution in [0.2, 0.25) is 0 Å². The number of aromatic nitrogens is 12. The van der Waals surface area contributed by atoms with Gasteiger partial charge in [-0.1, -0.05) is 0 Å². The molecule has 1 amide bonds. The summed E-state index contributed by atoms with van der Waals surface area (Å²) in [5.41, 5.74) is 1.12. The molecule has 62 heavy (non-hydrogen) atoms. The number of nitrogens with one attached hydrogen (secondary N) is 1. The van der Waals surface area contributed by atoms with Crippen LogP contribution in [0.15, 0.2) is 73.8 Å². The second kappa shape index (κ2) is 22.6. The van der Waals surface area contributed by atoms with Crippen LogP contribution in [0.3, 0.4) is 0 Å². The fourth-order valence-corrected chi connectivity index (χ4v) is 5.10. The molecule has 2 atom stereocenters. The molecule has 6 heterocycles. The first-order chi connectivity index (χ1) is 28.8. The van der Waals surface area contributed by atoms with Crippen molar-refractivity contribution in [2.24, 2.45) is 0 Å². The van der Waals surface area contributed by atoms with Gasteiger partial charge in [-0.25, -0.2) is 19.9 Å². The van der Waals surface area contributed by atoms with Gasteiger partial charge in [-0.3, -0.25) is 14.8 Å². The third-order valence-electron chi connectivity index (χ3n) is 8.81. The molecule has 0 saturated carbocycles. The topological polar surface area (TPSA) is 211 Å². The third-order valence-corrected chi connectivity index (χ3v) is 8.81. The van der Waals surface area contributed by atoms with E-state index < -0.39 is 29.7 Å². The molecule has 0 unspecified atom stereocenters. The van der Waals surface area contributed by atoms with E-state index >= 15 is 0 Å². The summed E-state index contributed by atoms with van der Waals surface area (Å²) < 4.78 is 74.3. The van der Waals surface area contributed by atoms with E-state index in [4.69, 9.17) is 0 Å². The minimum Gasteiger partial charge on any atom is -0.543 e. The van der Waals surface area contributed by atoms with Crippen molar-refractivity contribution in [3.8, 4) is 11.4 Å². The molecule has 0 aliphatic carbocycles. The maximum atomic E-state index is 13.1. The Bertz CT molecular complexity index is 2320. The number of carbonyl (C=O) groups is 2. The largest absolute Gasteiger partial charge is 1.00 e. The van der Waals surface area contributed by atoms with Crippen molar-refractivity contribution in [2.45, 2.75) is 77.8 Å². The van der Waals surface area contributed by atoms with Gasteiger partial charge in [0.05, 0.1) is 54.5 Å². The molecule has 0 aromatic carbocycles. The first-order valence-electron chi connectivity index (χ1n) is 18.4. The number of alkyl halides is 6. The second-order valence-corrected chi connectivity index (χ2v) is 13.4.